The van der Waals surface area contributed by atoms with E-state index in [1.165, 1.54) is 0 Å². The number of aromatic nitrogens is 2. The minimum absolute atomic E-state index is 0.00313. The largest absolute Gasteiger partial charge is 0.493 e. The minimum atomic E-state index is 0.00313. The Labute approximate surface area is 192 Å². The molecule has 1 aromatic carbocycles. The summed E-state index contributed by atoms with van der Waals surface area (Å²) in [5, 5.41) is 5.09. The van der Waals surface area contributed by atoms with Crippen LogP contribution in [-0.4, -0.2) is 54.2 Å². The first-order chi connectivity index (χ1) is 15.6. The van der Waals surface area contributed by atoms with Crippen LogP contribution in [0.2, 0.25) is 5.02 Å². The highest BCUT2D eigenvalue weighted by Gasteiger charge is 2.22. The number of anilines is 2. The molecule has 1 fully saturated rings. The van der Waals surface area contributed by atoms with Crippen molar-refractivity contribution in [1.82, 2.24) is 14.9 Å². The molecule has 0 unspecified atom stereocenters. The van der Waals surface area contributed by atoms with Crippen molar-refractivity contribution in [3.63, 3.8) is 0 Å². The van der Waals surface area contributed by atoms with Gasteiger partial charge in [-0.15, -0.1) is 0 Å². The molecule has 0 spiro atoms. The summed E-state index contributed by atoms with van der Waals surface area (Å²) in [6.45, 7) is 7.97. The number of rotatable bonds is 5. The lowest BCUT2D eigenvalue weighted by Gasteiger charge is -2.35. The maximum atomic E-state index is 12.7. The smallest absolute Gasteiger partial charge is 0.253 e. The molecule has 4 heterocycles. The van der Waals surface area contributed by atoms with Crippen LogP contribution in [-0.2, 0) is 13.0 Å². The Bertz CT molecular complexity index is 1170. The van der Waals surface area contributed by atoms with Gasteiger partial charge in [-0.3, -0.25) is 9.69 Å². The topological polar surface area (TPSA) is 73.5 Å². The van der Waals surface area contributed by atoms with E-state index in [-0.39, 0.29) is 5.56 Å². The predicted molar refractivity (Wildman–Crippen MR) is 129 cm³/mol. The van der Waals surface area contributed by atoms with Gasteiger partial charge in [-0.05, 0) is 49.6 Å². The molecule has 2 aromatic heterocycles. The molecule has 7 nitrogen and oxygen atoms in total. The number of nitrogens with one attached hydrogen (secondary N) is 2. The zero-order valence-corrected chi connectivity index (χ0v) is 19.0. The summed E-state index contributed by atoms with van der Waals surface area (Å²) < 4.78 is 6.03. The number of aromatic amines is 1. The van der Waals surface area contributed by atoms with Crippen LogP contribution in [0.5, 0.6) is 5.75 Å². The molecule has 5 rings (SSSR count). The fourth-order valence-electron chi connectivity index (χ4n) is 4.71. The van der Waals surface area contributed by atoms with Crippen LogP contribution in [0.4, 0.5) is 11.5 Å². The second-order valence-electron chi connectivity index (χ2n) is 8.39. The third-order valence-electron chi connectivity index (χ3n) is 6.26. The van der Waals surface area contributed by atoms with E-state index in [1.807, 2.05) is 19.1 Å². The summed E-state index contributed by atoms with van der Waals surface area (Å²) in [5.41, 5.74) is 3.76. The van der Waals surface area contributed by atoms with E-state index in [4.69, 9.17) is 16.3 Å². The van der Waals surface area contributed by atoms with Crippen molar-refractivity contribution in [3.8, 4) is 5.75 Å². The number of benzene rings is 1. The van der Waals surface area contributed by atoms with E-state index in [0.717, 1.165) is 91.4 Å². The number of halogens is 1. The zero-order valence-electron chi connectivity index (χ0n) is 18.3. The molecule has 1 saturated heterocycles. The highest BCUT2D eigenvalue weighted by Crippen LogP contribution is 2.36. The molecule has 0 radical (unpaired) electrons. The van der Waals surface area contributed by atoms with Gasteiger partial charge < -0.3 is 19.9 Å². The van der Waals surface area contributed by atoms with Crippen molar-refractivity contribution in [2.24, 2.45) is 0 Å². The molecule has 0 amide bonds. The molecule has 0 bridgehead atoms. The lowest BCUT2D eigenvalue weighted by Crippen LogP contribution is -2.46. The summed E-state index contributed by atoms with van der Waals surface area (Å²) in [6, 6.07) is 8.09. The average Bonchev–Trinajstić information content (AvgIpc) is 2.80. The Morgan fingerprint density at radius 2 is 2.03 bits per heavy atom. The van der Waals surface area contributed by atoms with Crippen LogP contribution < -0.4 is 20.5 Å². The first kappa shape index (κ1) is 21.1. The van der Waals surface area contributed by atoms with E-state index in [1.54, 1.807) is 6.20 Å². The number of nitrogens with zero attached hydrogens (tertiary/aromatic N) is 3. The second kappa shape index (κ2) is 9.00. The summed E-state index contributed by atoms with van der Waals surface area (Å²) in [5.74, 6) is 1.80. The van der Waals surface area contributed by atoms with Crippen LogP contribution in [0.25, 0.3) is 10.9 Å². The third kappa shape index (κ3) is 4.14. The number of pyridine rings is 2. The number of piperazine rings is 1. The summed E-state index contributed by atoms with van der Waals surface area (Å²) in [6.07, 6.45) is 3.47. The van der Waals surface area contributed by atoms with Crippen LogP contribution in [0.15, 0.2) is 35.3 Å². The van der Waals surface area contributed by atoms with Crippen LogP contribution in [0.1, 0.15) is 24.5 Å². The van der Waals surface area contributed by atoms with Gasteiger partial charge >= 0.3 is 0 Å². The van der Waals surface area contributed by atoms with Crippen LogP contribution in [0, 0.1) is 0 Å². The first-order valence-corrected chi connectivity index (χ1v) is 11.7. The van der Waals surface area contributed by atoms with Crippen molar-refractivity contribution >= 4 is 34.0 Å². The molecule has 0 atom stereocenters. The van der Waals surface area contributed by atoms with Crippen molar-refractivity contribution < 1.29 is 4.74 Å². The Balaban J connectivity index is 1.38. The van der Waals surface area contributed by atoms with Gasteiger partial charge in [-0.1, -0.05) is 11.6 Å². The van der Waals surface area contributed by atoms with Gasteiger partial charge in [0.15, 0.2) is 0 Å². The SMILES string of the molecule is CCOc1cc(CN2CCN(c3ccc(Cl)cn3)CC2)cc2[nH]c(=O)c3c(c12)NCCC3. The normalized spacial score (nSPS) is 16.6. The molecule has 2 aliphatic heterocycles. The Morgan fingerprint density at radius 3 is 2.78 bits per heavy atom. The molecule has 168 valence electrons. The van der Waals surface area contributed by atoms with E-state index in [9.17, 15) is 4.79 Å². The van der Waals surface area contributed by atoms with E-state index >= 15 is 0 Å². The Morgan fingerprint density at radius 1 is 1.19 bits per heavy atom. The number of fused-ring (bicyclic) bond motifs is 3. The van der Waals surface area contributed by atoms with Gasteiger partial charge in [0, 0.05) is 51.0 Å². The van der Waals surface area contributed by atoms with Gasteiger partial charge in [0.1, 0.15) is 11.6 Å². The highest BCUT2D eigenvalue weighted by molar-refractivity contribution is 6.30. The number of hydrogen-bond donors (Lipinski definition) is 2. The molecule has 3 aromatic rings. The van der Waals surface area contributed by atoms with Gasteiger partial charge in [-0.25, -0.2) is 4.98 Å². The Kier molecular flexibility index (Phi) is 5.93. The fraction of sp³-hybridized carbons (Fsp3) is 0.417. The summed E-state index contributed by atoms with van der Waals surface area (Å²) in [7, 11) is 0. The van der Waals surface area contributed by atoms with E-state index < -0.39 is 0 Å². The number of ether oxygens (including phenoxy) is 1. The van der Waals surface area contributed by atoms with E-state index in [0.29, 0.717) is 11.6 Å². The van der Waals surface area contributed by atoms with Crippen molar-refractivity contribution in [1.29, 1.82) is 0 Å². The zero-order chi connectivity index (χ0) is 22.1. The van der Waals surface area contributed by atoms with Gasteiger partial charge in [-0.2, -0.15) is 0 Å². The van der Waals surface area contributed by atoms with Crippen LogP contribution >= 0.6 is 11.6 Å². The third-order valence-corrected chi connectivity index (χ3v) is 6.48. The first-order valence-electron chi connectivity index (χ1n) is 11.3. The molecule has 8 heteroatoms. The summed E-state index contributed by atoms with van der Waals surface area (Å²) in [4.78, 5) is 24.9. The predicted octanol–water partition coefficient (Wildman–Crippen LogP) is 3.66. The molecule has 2 N–H and O–H groups in total. The molecule has 0 aliphatic carbocycles. The molecular formula is C24H28ClN5O2. The second-order valence-corrected chi connectivity index (χ2v) is 8.82. The lowest BCUT2D eigenvalue weighted by atomic mass is 9.99. The van der Waals surface area contributed by atoms with Crippen LogP contribution in [0.3, 0.4) is 0 Å². The Hall–Kier alpha value is -2.77. The molecule has 2 aliphatic rings. The average molecular weight is 454 g/mol. The molecule has 0 saturated carbocycles. The molecular weight excluding hydrogens is 426 g/mol. The van der Waals surface area contributed by atoms with Crippen molar-refractivity contribution in [3.05, 3.63) is 57.0 Å². The fourth-order valence-corrected chi connectivity index (χ4v) is 4.82. The monoisotopic (exact) mass is 453 g/mol. The standard InChI is InChI=1S/C24H28ClN5O2/c1-2-32-20-13-16(12-19-22(20)23-18(24(31)28-19)4-3-7-26-23)15-29-8-10-30(11-9-29)21-6-5-17(25)14-27-21/h5-6,12-14,26H,2-4,7-11,15H2,1H3,(H,28,31). The minimum Gasteiger partial charge on any atom is -0.493 e. The maximum absolute atomic E-state index is 12.7. The van der Waals surface area contributed by atoms with E-state index in [2.05, 4.69) is 37.2 Å². The van der Waals surface area contributed by atoms with Gasteiger partial charge in [0.05, 0.1) is 28.2 Å². The quantitative estimate of drug-likeness (QED) is 0.614. The summed E-state index contributed by atoms with van der Waals surface area (Å²) >= 11 is 5.96. The van der Waals surface area contributed by atoms with Crippen molar-refractivity contribution in [2.75, 3.05) is 49.5 Å². The highest BCUT2D eigenvalue weighted by atomic mass is 35.5. The number of H-pyrrole nitrogens is 1. The number of hydrogen-bond acceptors (Lipinski definition) is 6. The lowest BCUT2D eigenvalue weighted by molar-refractivity contribution is 0.249. The maximum Gasteiger partial charge on any atom is 0.253 e. The van der Waals surface area contributed by atoms with Gasteiger partial charge in [0.2, 0.25) is 0 Å². The van der Waals surface area contributed by atoms with Crippen molar-refractivity contribution in [2.45, 2.75) is 26.3 Å². The molecule has 32 heavy (non-hydrogen) atoms. The van der Waals surface area contributed by atoms with Gasteiger partial charge in [0.25, 0.3) is 5.56 Å².